The van der Waals surface area contributed by atoms with Gasteiger partial charge in [-0.25, -0.2) is 0 Å². The summed E-state index contributed by atoms with van der Waals surface area (Å²) in [5.41, 5.74) is 0. The van der Waals surface area contributed by atoms with Crippen LogP contribution in [0.4, 0.5) is 0 Å². The number of aliphatic hydroxyl groups is 1. The number of carbonyl (C=O) groups is 2. The molecule has 0 saturated heterocycles. The third-order valence-electron chi connectivity index (χ3n) is 10.7. The highest BCUT2D eigenvalue weighted by Crippen LogP contribution is 2.17. The largest absolute Gasteiger partial charge is 0.462 e. The molecule has 0 saturated carbocycles. The van der Waals surface area contributed by atoms with Gasteiger partial charge in [0.25, 0.3) is 0 Å². The van der Waals surface area contributed by atoms with E-state index in [4.69, 9.17) is 9.47 Å². The zero-order chi connectivity index (χ0) is 40.7. The predicted octanol–water partition coefficient (Wildman–Crippen LogP) is 15.7. The van der Waals surface area contributed by atoms with Crippen molar-refractivity contribution in [2.24, 2.45) is 0 Å². The van der Waals surface area contributed by atoms with Crippen molar-refractivity contribution >= 4 is 11.9 Å². The van der Waals surface area contributed by atoms with Crippen LogP contribution in [0.3, 0.4) is 0 Å². The Kier molecular flexibility index (Phi) is 45.4. The van der Waals surface area contributed by atoms with Crippen LogP contribution >= 0.6 is 0 Å². The highest BCUT2D eigenvalue weighted by molar-refractivity contribution is 5.70. The maximum absolute atomic E-state index is 12.1. The molecule has 0 radical (unpaired) electrons. The van der Waals surface area contributed by atoms with Crippen LogP contribution < -0.4 is 0 Å². The SMILES string of the molecule is CC/C=C\C/C=C\C/C=C\C/C=C\CCC(=O)OC(CO)COC(=O)CCCCCCCCCCCCCCCCCCCCCCCCCCCCCCC. The quantitative estimate of drug-likeness (QED) is 0.0378. The Morgan fingerprint density at radius 1 is 0.429 bits per heavy atom. The van der Waals surface area contributed by atoms with E-state index in [1.165, 1.54) is 167 Å². The molecule has 0 aromatic rings. The number of carbonyl (C=O) groups excluding carboxylic acids is 2. The van der Waals surface area contributed by atoms with Crippen molar-refractivity contribution in [3.63, 3.8) is 0 Å². The Labute approximate surface area is 348 Å². The Hall–Kier alpha value is -2.14. The van der Waals surface area contributed by atoms with Crippen LogP contribution in [0, 0.1) is 0 Å². The van der Waals surface area contributed by atoms with E-state index in [0.29, 0.717) is 12.8 Å². The number of hydrogen-bond acceptors (Lipinski definition) is 5. The van der Waals surface area contributed by atoms with Gasteiger partial charge in [-0.15, -0.1) is 0 Å². The van der Waals surface area contributed by atoms with Crippen molar-refractivity contribution in [1.82, 2.24) is 0 Å². The summed E-state index contributed by atoms with van der Waals surface area (Å²) in [6, 6.07) is 0. The van der Waals surface area contributed by atoms with Crippen molar-refractivity contribution in [2.75, 3.05) is 13.2 Å². The Morgan fingerprint density at radius 3 is 1.12 bits per heavy atom. The Bertz CT molecular complexity index is 935. The normalized spacial score (nSPS) is 12.6. The fourth-order valence-electron chi connectivity index (χ4n) is 7.04. The Morgan fingerprint density at radius 2 is 0.768 bits per heavy atom. The summed E-state index contributed by atoms with van der Waals surface area (Å²) in [5.74, 6) is -0.678. The van der Waals surface area contributed by atoms with Crippen LogP contribution in [0.2, 0.25) is 0 Å². The van der Waals surface area contributed by atoms with E-state index in [1.807, 2.05) is 12.2 Å². The smallest absolute Gasteiger partial charge is 0.306 e. The van der Waals surface area contributed by atoms with Crippen molar-refractivity contribution in [1.29, 1.82) is 0 Å². The number of hydrogen-bond donors (Lipinski definition) is 1. The maximum atomic E-state index is 12.1. The average molecular weight is 785 g/mol. The Balaban J connectivity index is 3.45. The minimum atomic E-state index is -0.808. The van der Waals surface area contributed by atoms with E-state index in [-0.39, 0.29) is 25.6 Å². The molecule has 0 heterocycles. The lowest BCUT2D eigenvalue weighted by Gasteiger charge is -2.15. The first-order chi connectivity index (χ1) is 27.6. The highest BCUT2D eigenvalue weighted by atomic mass is 16.6. The third-order valence-corrected chi connectivity index (χ3v) is 10.7. The zero-order valence-corrected chi connectivity index (χ0v) is 37.1. The molecular weight excluding hydrogens is 693 g/mol. The topological polar surface area (TPSA) is 72.8 Å². The number of unbranched alkanes of at least 4 members (excludes halogenated alkanes) is 28. The van der Waals surface area contributed by atoms with Crippen LogP contribution in [-0.4, -0.2) is 36.4 Å². The number of ether oxygens (including phenoxy) is 2. The second-order valence-electron chi connectivity index (χ2n) is 16.2. The van der Waals surface area contributed by atoms with Gasteiger partial charge in [0.2, 0.25) is 0 Å². The molecular formula is C51H92O5. The number of esters is 2. The number of allylic oxidation sites excluding steroid dienone is 8. The molecule has 1 unspecified atom stereocenters. The molecule has 0 spiro atoms. The summed E-state index contributed by atoms with van der Waals surface area (Å²) < 4.78 is 10.6. The van der Waals surface area contributed by atoms with Gasteiger partial charge in [0.1, 0.15) is 6.61 Å². The van der Waals surface area contributed by atoms with Crippen molar-refractivity contribution < 1.29 is 24.2 Å². The van der Waals surface area contributed by atoms with Gasteiger partial charge in [-0.3, -0.25) is 9.59 Å². The summed E-state index contributed by atoms with van der Waals surface area (Å²) >= 11 is 0. The van der Waals surface area contributed by atoms with Gasteiger partial charge in [-0.2, -0.15) is 0 Å². The van der Waals surface area contributed by atoms with Gasteiger partial charge >= 0.3 is 11.9 Å². The number of aliphatic hydroxyl groups excluding tert-OH is 1. The summed E-state index contributed by atoms with van der Waals surface area (Å²) in [4.78, 5) is 24.3. The molecule has 0 amide bonds. The molecule has 0 aliphatic heterocycles. The first-order valence-corrected chi connectivity index (χ1v) is 24.2. The second kappa shape index (κ2) is 47.2. The molecule has 1 N–H and O–H groups in total. The monoisotopic (exact) mass is 785 g/mol. The van der Waals surface area contributed by atoms with E-state index < -0.39 is 12.1 Å². The zero-order valence-electron chi connectivity index (χ0n) is 37.1. The summed E-state index contributed by atoms with van der Waals surface area (Å²) in [6.07, 6.45) is 60.9. The molecule has 1 atom stereocenters. The average Bonchev–Trinajstić information content (AvgIpc) is 3.20. The van der Waals surface area contributed by atoms with E-state index in [9.17, 15) is 14.7 Å². The van der Waals surface area contributed by atoms with E-state index in [1.54, 1.807) is 0 Å². The van der Waals surface area contributed by atoms with Gasteiger partial charge in [-0.1, -0.05) is 242 Å². The standard InChI is InChI=1S/C51H92O5/c1-3-5-7-9-11-13-15-17-18-19-20-21-22-23-24-25-26-27-28-29-30-31-32-34-35-37-39-41-43-45-50(53)55-48-49(47-52)56-51(54)46-44-42-40-38-36-33-16-14-12-10-8-6-4-2/h6,8,12,14,33,36,40,42,49,52H,3-5,7,9-11,13,15-32,34-35,37-39,41,43-48H2,1-2H3/b8-6-,14-12-,36-33-,42-40-. The fourth-order valence-corrected chi connectivity index (χ4v) is 7.04. The molecule has 0 fully saturated rings. The molecule has 0 rings (SSSR count). The van der Waals surface area contributed by atoms with Gasteiger partial charge in [0.15, 0.2) is 6.10 Å². The molecule has 0 aromatic heterocycles. The lowest BCUT2D eigenvalue weighted by molar-refractivity contribution is -0.161. The van der Waals surface area contributed by atoms with Gasteiger partial charge in [0, 0.05) is 12.8 Å². The first-order valence-electron chi connectivity index (χ1n) is 24.2. The third kappa shape index (κ3) is 44.6. The van der Waals surface area contributed by atoms with E-state index in [0.717, 1.165) is 44.9 Å². The molecule has 0 aliphatic carbocycles. The van der Waals surface area contributed by atoms with E-state index in [2.05, 4.69) is 50.3 Å². The molecule has 0 aliphatic rings. The highest BCUT2D eigenvalue weighted by Gasteiger charge is 2.15. The van der Waals surface area contributed by atoms with Gasteiger partial charge in [0.05, 0.1) is 6.61 Å². The predicted molar refractivity (Wildman–Crippen MR) is 242 cm³/mol. The summed E-state index contributed by atoms with van der Waals surface area (Å²) in [7, 11) is 0. The second-order valence-corrected chi connectivity index (χ2v) is 16.2. The lowest BCUT2D eigenvalue weighted by atomic mass is 10.0. The first kappa shape index (κ1) is 53.9. The maximum Gasteiger partial charge on any atom is 0.306 e. The lowest BCUT2D eigenvalue weighted by Crippen LogP contribution is -2.28. The van der Waals surface area contributed by atoms with Gasteiger partial charge < -0.3 is 14.6 Å². The molecule has 5 nitrogen and oxygen atoms in total. The minimum absolute atomic E-state index is 0.0926. The molecule has 56 heavy (non-hydrogen) atoms. The number of rotatable bonds is 44. The van der Waals surface area contributed by atoms with Crippen LogP contribution in [0.5, 0.6) is 0 Å². The van der Waals surface area contributed by atoms with Crippen LogP contribution in [0.25, 0.3) is 0 Å². The van der Waals surface area contributed by atoms with Crippen LogP contribution in [-0.2, 0) is 19.1 Å². The summed E-state index contributed by atoms with van der Waals surface area (Å²) in [6.45, 7) is 3.98. The minimum Gasteiger partial charge on any atom is -0.462 e. The van der Waals surface area contributed by atoms with Crippen molar-refractivity contribution in [3.05, 3.63) is 48.6 Å². The van der Waals surface area contributed by atoms with Crippen molar-refractivity contribution in [3.8, 4) is 0 Å². The molecule has 0 bridgehead atoms. The van der Waals surface area contributed by atoms with E-state index >= 15 is 0 Å². The molecule has 5 heteroatoms. The fraction of sp³-hybridized carbons (Fsp3) is 0.804. The summed E-state index contributed by atoms with van der Waals surface area (Å²) in [5, 5.41) is 9.56. The molecule has 0 aromatic carbocycles. The van der Waals surface area contributed by atoms with Gasteiger partial charge in [-0.05, 0) is 38.5 Å². The molecule has 326 valence electrons. The van der Waals surface area contributed by atoms with Crippen LogP contribution in [0.1, 0.15) is 245 Å². The van der Waals surface area contributed by atoms with Crippen molar-refractivity contribution in [2.45, 2.75) is 251 Å². The van der Waals surface area contributed by atoms with Crippen LogP contribution in [0.15, 0.2) is 48.6 Å².